The Kier molecular flexibility index (Phi) is 7.87. The molecule has 32 heavy (non-hydrogen) atoms. The number of nitrogens with one attached hydrogen (secondary N) is 1. The molecule has 2 aromatic heterocycles. The molecule has 4 rings (SSSR count). The number of morpholine rings is 1. The van der Waals surface area contributed by atoms with Gasteiger partial charge in [0.2, 0.25) is 17.6 Å². The van der Waals surface area contributed by atoms with E-state index in [-0.39, 0.29) is 5.91 Å². The van der Waals surface area contributed by atoms with E-state index < -0.39 is 0 Å². The van der Waals surface area contributed by atoms with Crippen molar-refractivity contribution in [2.75, 3.05) is 56.2 Å². The SMILES string of the molecule is CCN(CCCc1nc(-c2cccs2)no1)CC(=O)Nc1ccc(N2CCOCC2)cc1. The zero-order valence-corrected chi connectivity index (χ0v) is 19.1. The van der Waals surface area contributed by atoms with E-state index in [0.717, 1.165) is 62.1 Å². The van der Waals surface area contributed by atoms with Crippen molar-refractivity contribution >= 4 is 28.6 Å². The third kappa shape index (κ3) is 6.15. The van der Waals surface area contributed by atoms with Gasteiger partial charge in [0.15, 0.2) is 0 Å². The maximum atomic E-state index is 12.5. The van der Waals surface area contributed by atoms with Crippen molar-refractivity contribution in [1.82, 2.24) is 15.0 Å². The summed E-state index contributed by atoms with van der Waals surface area (Å²) in [4.78, 5) is 22.4. The molecule has 0 atom stereocenters. The minimum Gasteiger partial charge on any atom is -0.378 e. The van der Waals surface area contributed by atoms with E-state index in [0.29, 0.717) is 24.7 Å². The molecule has 8 nitrogen and oxygen atoms in total. The van der Waals surface area contributed by atoms with Crippen molar-refractivity contribution in [3.8, 4) is 10.7 Å². The Morgan fingerprint density at radius 2 is 2.03 bits per heavy atom. The van der Waals surface area contributed by atoms with Crippen molar-refractivity contribution < 1.29 is 14.1 Å². The molecule has 1 fully saturated rings. The van der Waals surface area contributed by atoms with Crippen LogP contribution in [0.2, 0.25) is 0 Å². The predicted octanol–water partition coefficient (Wildman–Crippen LogP) is 3.53. The monoisotopic (exact) mass is 455 g/mol. The molecule has 1 aromatic carbocycles. The van der Waals surface area contributed by atoms with Gasteiger partial charge in [0.1, 0.15) is 0 Å². The number of amides is 1. The Labute approximate surface area is 192 Å². The fourth-order valence-electron chi connectivity index (χ4n) is 3.65. The first kappa shape index (κ1) is 22.4. The van der Waals surface area contributed by atoms with Crippen LogP contribution in [-0.2, 0) is 16.0 Å². The average Bonchev–Trinajstić information content (AvgIpc) is 3.52. The van der Waals surface area contributed by atoms with Crippen LogP contribution >= 0.6 is 11.3 Å². The summed E-state index contributed by atoms with van der Waals surface area (Å²) in [5.74, 6) is 1.26. The summed E-state index contributed by atoms with van der Waals surface area (Å²) in [5, 5.41) is 9.04. The number of likely N-dealkylation sites (N-methyl/N-ethyl adjacent to an activating group) is 1. The first-order chi connectivity index (χ1) is 15.7. The Hall–Kier alpha value is -2.75. The van der Waals surface area contributed by atoms with E-state index in [4.69, 9.17) is 9.26 Å². The molecule has 9 heteroatoms. The Bertz CT molecular complexity index is 968. The molecule has 0 saturated carbocycles. The third-order valence-electron chi connectivity index (χ3n) is 5.42. The van der Waals surface area contributed by atoms with E-state index in [1.807, 2.05) is 41.8 Å². The molecule has 3 heterocycles. The summed E-state index contributed by atoms with van der Waals surface area (Å²) >= 11 is 1.59. The Balaban J connectivity index is 1.20. The summed E-state index contributed by atoms with van der Waals surface area (Å²) < 4.78 is 10.8. The number of ether oxygens (including phenoxy) is 1. The predicted molar refractivity (Wildman–Crippen MR) is 126 cm³/mol. The number of carbonyl (C=O) groups is 1. The fraction of sp³-hybridized carbons (Fsp3) is 0.435. The van der Waals surface area contributed by atoms with Gasteiger partial charge >= 0.3 is 0 Å². The standard InChI is InChI=1S/C23H29N5O3S/c1-2-27(11-3-6-22-25-23(26-31-22)20-5-4-16-32-20)17-21(29)24-18-7-9-19(10-8-18)28-12-14-30-15-13-28/h4-5,7-10,16H,2-3,6,11-15,17H2,1H3,(H,24,29). The van der Waals surface area contributed by atoms with Gasteiger partial charge in [-0.05, 0) is 55.2 Å². The number of anilines is 2. The molecule has 170 valence electrons. The molecule has 1 amide bonds. The number of carbonyl (C=O) groups excluding carboxylic acids is 1. The van der Waals surface area contributed by atoms with Gasteiger partial charge in [-0.2, -0.15) is 4.98 Å². The first-order valence-electron chi connectivity index (χ1n) is 11.0. The molecule has 0 radical (unpaired) electrons. The second-order valence-electron chi connectivity index (χ2n) is 7.66. The van der Waals surface area contributed by atoms with E-state index in [1.54, 1.807) is 11.3 Å². The minimum absolute atomic E-state index is 0.0104. The number of rotatable bonds is 10. The van der Waals surface area contributed by atoms with E-state index in [9.17, 15) is 4.79 Å². The lowest BCUT2D eigenvalue weighted by atomic mass is 10.2. The number of aryl methyl sites for hydroxylation is 1. The van der Waals surface area contributed by atoms with Crippen LogP contribution in [0.3, 0.4) is 0 Å². The van der Waals surface area contributed by atoms with Gasteiger partial charge in [-0.25, -0.2) is 0 Å². The quantitative estimate of drug-likeness (QED) is 0.501. The van der Waals surface area contributed by atoms with Gasteiger partial charge in [-0.3, -0.25) is 9.69 Å². The molecule has 0 unspecified atom stereocenters. The minimum atomic E-state index is -0.0104. The Morgan fingerprint density at radius 3 is 2.75 bits per heavy atom. The maximum absolute atomic E-state index is 12.5. The van der Waals surface area contributed by atoms with Crippen LogP contribution < -0.4 is 10.2 Å². The van der Waals surface area contributed by atoms with Crippen molar-refractivity contribution in [2.45, 2.75) is 19.8 Å². The van der Waals surface area contributed by atoms with Crippen molar-refractivity contribution in [2.24, 2.45) is 0 Å². The summed E-state index contributed by atoms with van der Waals surface area (Å²) in [6, 6.07) is 12.0. The van der Waals surface area contributed by atoms with Gasteiger partial charge < -0.3 is 19.5 Å². The van der Waals surface area contributed by atoms with Crippen LogP contribution in [0.15, 0.2) is 46.3 Å². The molecule has 1 aliphatic heterocycles. The number of nitrogens with zero attached hydrogens (tertiary/aromatic N) is 4. The lowest BCUT2D eigenvalue weighted by Gasteiger charge is -2.29. The van der Waals surface area contributed by atoms with Crippen LogP contribution in [-0.4, -0.2) is 66.9 Å². The molecular weight excluding hydrogens is 426 g/mol. The second kappa shape index (κ2) is 11.2. The van der Waals surface area contributed by atoms with E-state index >= 15 is 0 Å². The molecular formula is C23H29N5O3S. The van der Waals surface area contributed by atoms with Gasteiger partial charge in [-0.1, -0.05) is 18.1 Å². The van der Waals surface area contributed by atoms with Crippen LogP contribution in [0.4, 0.5) is 11.4 Å². The largest absolute Gasteiger partial charge is 0.378 e. The number of benzene rings is 1. The van der Waals surface area contributed by atoms with Crippen molar-refractivity contribution in [3.05, 3.63) is 47.7 Å². The van der Waals surface area contributed by atoms with Gasteiger partial charge in [-0.15, -0.1) is 11.3 Å². The Morgan fingerprint density at radius 1 is 1.22 bits per heavy atom. The highest BCUT2D eigenvalue weighted by atomic mass is 32.1. The van der Waals surface area contributed by atoms with Crippen molar-refractivity contribution in [1.29, 1.82) is 0 Å². The topological polar surface area (TPSA) is 83.7 Å². The molecule has 3 aromatic rings. The number of hydrogen-bond donors (Lipinski definition) is 1. The normalized spacial score (nSPS) is 14.1. The van der Waals surface area contributed by atoms with Crippen LogP contribution in [0.1, 0.15) is 19.2 Å². The second-order valence-corrected chi connectivity index (χ2v) is 8.60. The molecule has 0 bridgehead atoms. The van der Waals surface area contributed by atoms with Crippen molar-refractivity contribution in [3.63, 3.8) is 0 Å². The number of thiophene rings is 1. The van der Waals surface area contributed by atoms with Gasteiger partial charge in [0, 0.05) is 30.9 Å². The van der Waals surface area contributed by atoms with E-state index in [2.05, 4.69) is 32.2 Å². The van der Waals surface area contributed by atoms with Crippen LogP contribution in [0.25, 0.3) is 10.7 Å². The highest BCUT2D eigenvalue weighted by Crippen LogP contribution is 2.22. The molecule has 1 saturated heterocycles. The van der Waals surface area contributed by atoms with E-state index in [1.165, 1.54) is 0 Å². The molecule has 0 aliphatic carbocycles. The van der Waals surface area contributed by atoms with Gasteiger partial charge in [0.25, 0.3) is 0 Å². The summed E-state index contributed by atoms with van der Waals surface area (Å²) in [7, 11) is 0. The summed E-state index contributed by atoms with van der Waals surface area (Å²) in [5.41, 5.74) is 1.97. The number of aromatic nitrogens is 2. The van der Waals surface area contributed by atoms with Crippen LogP contribution in [0, 0.1) is 0 Å². The smallest absolute Gasteiger partial charge is 0.238 e. The average molecular weight is 456 g/mol. The lowest BCUT2D eigenvalue weighted by molar-refractivity contribution is -0.117. The summed E-state index contributed by atoms with van der Waals surface area (Å²) in [6.07, 6.45) is 1.54. The first-order valence-corrected chi connectivity index (χ1v) is 11.9. The number of hydrogen-bond acceptors (Lipinski definition) is 8. The summed E-state index contributed by atoms with van der Waals surface area (Å²) in [6.45, 7) is 7.32. The molecule has 1 N–H and O–H groups in total. The maximum Gasteiger partial charge on any atom is 0.238 e. The molecule has 0 spiro atoms. The highest BCUT2D eigenvalue weighted by molar-refractivity contribution is 7.13. The zero-order chi connectivity index (χ0) is 22.2. The zero-order valence-electron chi connectivity index (χ0n) is 18.3. The third-order valence-corrected chi connectivity index (χ3v) is 6.28. The van der Waals surface area contributed by atoms with Gasteiger partial charge in [0.05, 0.1) is 24.6 Å². The van der Waals surface area contributed by atoms with Crippen LogP contribution in [0.5, 0.6) is 0 Å². The highest BCUT2D eigenvalue weighted by Gasteiger charge is 2.14. The molecule has 1 aliphatic rings. The lowest BCUT2D eigenvalue weighted by Crippen LogP contribution is -2.36. The fourth-order valence-corrected chi connectivity index (χ4v) is 4.30.